The van der Waals surface area contributed by atoms with Gasteiger partial charge in [-0.25, -0.2) is 0 Å². The Labute approximate surface area is 112 Å². The molecule has 0 radical (unpaired) electrons. The van der Waals surface area contributed by atoms with E-state index in [1.54, 1.807) is 6.08 Å². The Kier molecular flexibility index (Phi) is 5.13. The first kappa shape index (κ1) is 14.2. The largest absolute Gasteiger partial charge is 0.295 e. The van der Waals surface area contributed by atoms with Crippen LogP contribution >= 0.6 is 15.9 Å². The summed E-state index contributed by atoms with van der Waals surface area (Å²) < 4.78 is 1.15. The first-order valence-corrected chi connectivity index (χ1v) is 6.60. The average Bonchev–Trinajstić information content (AvgIpc) is 2.37. The highest BCUT2D eigenvalue weighted by molar-refractivity contribution is 9.11. The Bertz CT molecular complexity index is 403. The average molecular weight is 295 g/mol. The lowest BCUT2D eigenvalue weighted by molar-refractivity contribution is -0.116. The third kappa shape index (κ3) is 6.42. The van der Waals surface area contributed by atoms with Crippen molar-refractivity contribution < 1.29 is 4.79 Å². The lowest BCUT2D eigenvalue weighted by atomic mass is 9.90. The Morgan fingerprint density at radius 2 is 2.12 bits per heavy atom. The van der Waals surface area contributed by atoms with Gasteiger partial charge in [0.2, 0.25) is 0 Å². The van der Waals surface area contributed by atoms with Crippen LogP contribution in [-0.2, 0) is 4.79 Å². The number of ketones is 1. The Morgan fingerprint density at radius 1 is 1.41 bits per heavy atom. The summed E-state index contributed by atoms with van der Waals surface area (Å²) in [5.74, 6) is 0.180. The minimum absolute atomic E-state index is 0.0536. The molecule has 0 N–H and O–H groups in total. The summed E-state index contributed by atoms with van der Waals surface area (Å²) in [7, 11) is 0. The summed E-state index contributed by atoms with van der Waals surface area (Å²) in [4.78, 5) is 11.7. The molecule has 17 heavy (non-hydrogen) atoms. The number of allylic oxidation sites excluding steroid dienone is 8. The van der Waals surface area contributed by atoms with Gasteiger partial charge in [-0.15, -0.1) is 0 Å². The smallest absolute Gasteiger partial charge is 0.156 e. The second-order valence-corrected chi connectivity index (χ2v) is 6.44. The van der Waals surface area contributed by atoms with E-state index in [0.29, 0.717) is 6.42 Å². The number of rotatable bonds is 3. The van der Waals surface area contributed by atoms with Crippen molar-refractivity contribution >= 4 is 21.7 Å². The van der Waals surface area contributed by atoms with Gasteiger partial charge in [0.15, 0.2) is 5.78 Å². The molecule has 0 amide bonds. The normalized spacial score (nSPS) is 16.7. The number of hydrogen-bond donors (Lipinski definition) is 0. The Hall–Kier alpha value is -0.890. The summed E-state index contributed by atoms with van der Waals surface area (Å²) in [6.07, 6.45) is 13.2. The zero-order valence-corrected chi connectivity index (χ0v) is 12.3. The molecule has 0 bridgehead atoms. The molecule has 0 aromatic heterocycles. The van der Waals surface area contributed by atoms with E-state index in [2.05, 4.69) is 42.8 Å². The van der Waals surface area contributed by atoms with Crippen LogP contribution in [0.2, 0.25) is 0 Å². The molecule has 0 saturated heterocycles. The standard InChI is InChI=1S/C15H19BrO/c1-15(2,3)11-14(17)10-8-12-5-4-6-13(16)9-7-12/h4-5,7-10H,6,11H2,1-3H3/b10-8+. The molecule has 0 aromatic carbocycles. The molecule has 0 atom stereocenters. The summed E-state index contributed by atoms with van der Waals surface area (Å²) in [6, 6.07) is 0. The van der Waals surface area contributed by atoms with Gasteiger partial charge in [-0.1, -0.05) is 67.1 Å². The van der Waals surface area contributed by atoms with Gasteiger partial charge in [-0.2, -0.15) is 0 Å². The number of hydrogen-bond acceptors (Lipinski definition) is 1. The van der Waals surface area contributed by atoms with Crippen LogP contribution in [0.5, 0.6) is 0 Å². The Balaban J connectivity index is 2.63. The molecule has 92 valence electrons. The van der Waals surface area contributed by atoms with Crippen LogP contribution in [-0.4, -0.2) is 5.78 Å². The predicted molar refractivity (Wildman–Crippen MR) is 77.1 cm³/mol. The highest BCUT2D eigenvalue weighted by atomic mass is 79.9. The van der Waals surface area contributed by atoms with Crippen molar-refractivity contribution in [1.29, 1.82) is 0 Å². The lowest BCUT2D eigenvalue weighted by Crippen LogP contribution is -2.10. The number of carbonyl (C=O) groups excluding carboxylic acids is 1. The van der Waals surface area contributed by atoms with Gasteiger partial charge < -0.3 is 0 Å². The van der Waals surface area contributed by atoms with Crippen molar-refractivity contribution in [3.8, 4) is 0 Å². The predicted octanol–water partition coefficient (Wildman–Crippen LogP) is 4.71. The summed E-state index contributed by atoms with van der Waals surface area (Å²) in [5.41, 5.74) is 1.11. The molecule has 0 heterocycles. The van der Waals surface area contributed by atoms with Crippen molar-refractivity contribution in [1.82, 2.24) is 0 Å². The van der Waals surface area contributed by atoms with Gasteiger partial charge in [0, 0.05) is 6.42 Å². The molecule has 0 unspecified atom stereocenters. The fraction of sp³-hybridized carbons (Fsp3) is 0.400. The molecular weight excluding hydrogens is 276 g/mol. The van der Waals surface area contributed by atoms with Crippen LogP contribution in [0.25, 0.3) is 0 Å². The van der Waals surface area contributed by atoms with Gasteiger partial charge in [-0.05, 0) is 28.0 Å². The topological polar surface area (TPSA) is 17.1 Å². The first-order chi connectivity index (χ1) is 7.87. The molecule has 1 aliphatic rings. The molecule has 1 nitrogen and oxygen atoms in total. The van der Waals surface area contributed by atoms with Crippen LogP contribution in [0.4, 0.5) is 0 Å². The van der Waals surface area contributed by atoms with E-state index in [1.807, 2.05) is 24.3 Å². The third-order valence-electron chi connectivity index (χ3n) is 2.25. The van der Waals surface area contributed by atoms with Crippen LogP contribution in [0.15, 0.2) is 46.5 Å². The second-order valence-electron chi connectivity index (χ2n) is 5.42. The van der Waals surface area contributed by atoms with Crippen molar-refractivity contribution in [3.05, 3.63) is 46.5 Å². The minimum atomic E-state index is 0.0536. The monoisotopic (exact) mass is 294 g/mol. The maximum Gasteiger partial charge on any atom is 0.156 e. The van der Waals surface area contributed by atoms with Gasteiger partial charge in [-0.3, -0.25) is 4.79 Å². The van der Waals surface area contributed by atoms with Crippen LogP contribution in [0, 0.1) is 5.41 Å². The van der Waals surface area contributed by atoms with Crippen molar-refractivity contribution in [2.75, 3.05) is 0 Å². The number of halogens is 1. The molecule has 0 fully saturated rings. The van der Waals surface area contributed by atoms with Crippen LogP contribution in [0.1, 0.15) is 33.6 Å². The van der Waals surface area contributed by atoms with E-state index in [-0.39, 0.29) is 11.2 Å². The SMILES string of the molecule is CC(C)(C)CC(=O)/C=C/C1=CC=C(Br)CC=C1. The van der Waals surface area contributed by atoms with Crippen LogP contribution < -0.4 is 0 Å². The quantitative estimate of drug-likeness (QED) is 0.689. The van der Waals surface area contributed by atoms with Gasteiger partial charge in [0.05, 0.1) is 0 Å². The van der Waals surface area contributed by atoms with Gasteiger partial charge >= 0.3 is 0 Å². The third-order valence-corrected chi connectivity index (χ3v) is 2.83. The fourth-order valence-electron chi connectivity index (χ4n) is 1.50. The molecule has 2 heteroatoms. The fourth-order valence-corrected chi connectivity index (χ4v) is 1.82. The minimum Gasteiger partial charge on any atom is -0.295 e. The molecule has 1 rings (SSSR count). The van der Waals surface area contributed by atoms with E-state index < -0.39 is 0 Å². The highest BCUT2D eigenvalue weighted by Crippen LogP contribution is 2.20. The molecule has 0 aromatic rings. The maximum absolute atomic E-state index is 11.7. The van der Waals surface area contributed by atoms with Gasteiger partial charge in [0.1, 0.15) is 0 Å². The van der Waals surface area contributed by atoms with Crippen molar-refractivity contribution in [2.24, 2.45) is 5.41 Å². The van der Waals surface area contributed by atoms with E-state index in [9.17, 15) is 4.79 Å². The summed E-state index contributed by atoms with van der Waals surface area (Å²) in [5, 5.41) is 0. The second kappa shape index (κ2) is 6.15. The van der Waals surface area contributed by atoms with Crippen molar-refractivity contribution in [3.63, 3.8) is 0 Å². The van der Waals surface area contributed by atoms with Gasteiger partial charge in [0.25, 0.3) is 0 Å². The Morgan fingerprint density at radius 3 is 2.76 bits per heavy atom. The molecule has 1 aliphatic carbocycles. The van der Waals surface area contributed by atoms with Crippen molar-refractivity contribution in [2.45, 2.75) is 33.6 Å². The van der Waals surface area contributed by atoms with E-state index >= 15 is 0 Å². The molecule has 0 saturated carbocycles. The van der Waals surface area contributed by atoms with E-state index in [1.165, 1.54) is 0 Å². The lowest BCUT2D eigenvalue weighted by Gasteiger charge is -2.14. The molecule has 0 spiro atoms. The zero-order chi connectivity index (χ0) is 12.9. The zero-order valence-electron chi connectivity index (χ0n) is 10.7. The van der Waals surface area contributed by atoms with E-state index in [4.69, 9.17) is 0 Å². The summed E-state index contributed by atoms with van der Waals surface area (Å²) >= 11 is 3.46. The summed E-state index contributed by atoms with van der Waals surface area (Å²) in [6.45, 7) is 6.22. The molecule has 0 aliphatic heterocycles. The van der Waals surface area contributed by atoms with E-state index in [0.717, 1.165) is 16.5 Å². The highest BCUT2D eigenvalue weighted by Gasteiger charge is 2.13. The van der Waals surface area contributed by atoms with Crippen LogP contribution in [0.3, 0.4) is 0 Å². The number of carbonyl (C=O) groups is 1. The maximum atomic E-state index is 11.7. The first-order valence-electron chi connectivity index (χ1n) is 5.81. The molecular formula is C15H19BrO.